The Bertz CT molecular complexity index is 434. The lowest BCUT2D eigenvalue weighted by molar-refractivity contribution is -0.138. The Balaban J connectivity index is 2.99. The number of thiazole rings is 1. The third-order valence-electron chi connectivity index (χ3n) is 2.19. The van der Waals surface area contributed by atoms with Crippen molar-refractivity contribution in [1.82, 2.24) is 9.88 Å². The van der Waals surface area contributed by atoms with Crippen LogP contribution >= 0.6 is 11.3 Å². The summed E-state index contributed by atoms with van der Waals surface area (Å²) in [6, 6.07) is 0. The van der Waals surface area contributed by atoms with Crippen molar-refractivity contribution < 1.29 is 14.7 Å². The van der Waals surface area contributed by atoms with Crippen molar-refractivity contribution in [3.05, 3.63) is 16.1 Å². The van der Waals surface area contributed by atoms with Crippen LogP contribution in [0.15, 0.2) is 5.38 Å². The molecule has 0 fully saturated rings. The molecule has 5 nitrogen and oxygen atoms in total. The lowest BCUT2D eigenvalue weighted by Gasteiger charge is -2.33. The highest BCUT2D eigenvalue weighted by atomic mass is 32.1. The summed E-state index contributed by atoms with van der Waals surface area (Å²) in [5, 5.41) is 11.3. The maximum atomic E-state index is 12.1. The van der Waals surface area contributed by atoms with Gasteiger partial charge in [0.2, 0.25) is 0 Å². The van der Waals surface area contributed by atoms with Crippen LogP contribution in [0.5, 0.6) is 0 Å². The van der Waals surface area contributed by atoms with E-state index in [-0.39, 0.29) is 12.5 Å². The first-order valence-electron chi connectivity index (χ1n) is 5.17. The number of hydrogen-bond acceptors (Lipinski definition) is 4. The van der Waals surface area contributed by atoms with E-state index in [1.807, 2.05) is 0 Å². The average Bonchev–Trinajstić information content (AvgIpc) is 2.58. The highest BCUT2D eigenvalue weighted by Crippen LogP contribution is 2.18. The van der Waals surface area contributed by atoms with E-state index < -0.39 is 11.5 Å². The number of aromatic nitrogens is 1. The molecule has 1 aromatic rings. The topological polar surface area (TPSA) is 70.5 Å². The van der Waals surface area contributed by atoms with Crippen LogP contribution in [-0.4, -0.2) is 39.0 Å². The monoisotopic (exact) mass is 256 g/mol. The molecule has 6 heteroatoms. The van der Waals surface area contributed by atoms with Crippen LogP contribution in [0.4, 0.5) is 0 Å². The minimum absolute atomic E-state index is 0.309. The molecule has 1 rings (SSSR count). The van der Waals surface area contributed by atoms with Gasteiger partial charge in [0, 0.05) is 10.9 Å². The summed E-state index contributed by atoms with van der Waals surface area (Å²) in [7, 11) is 0. The van der Waals surface area contributed by atoms with E-state index in [1.165, 1.54) is 16.2 Å². The normalized spacial score (nSPS) is 11.3. The van der Waals surface area contributed by atoms with Crippen LogP contribution in [0.25, 0.3) is 0 Å². The summed E-state index contributed by atoms with van der Waals surface area (Å²) in [6.07, 6.45) is 0. The van der Waals surface area contributed by atoms with E-state index >= 15 is 0 Å². The molecule has 0 unspecified atom stereocenters. The van der Waals surface area contributed by atoms with E-state index in [9.17, 15) is 9.59 Å². The fourth-order valence-electron chi connectivity index (χ4n) is 1.35. The van der Waals surface area contributed by atoms with Gasteiger partial charge in [-0.3, -0.25) is 9.59 Å². The van der Waals surface area contributed by atoms with Gasteiger partial charge in [0.15, 0.2) is 0 Å². The standard InChI is InChI=1S/C11H16N2O3S/c1-7-12-8(6-17-7)10(16)13(5-9(14)15)11(2,3)4/h6H,5H2,1-4H3,(H,14,15). The summed E-state index contributed by atoms with van der Waals surface area (Å²) >= 11 is 1.37. The molecular weight excluding hydrogens is 240 g/mol. The molecule has 1 amide bonds. The van der Waals surface area contributed by atoms with E-state index in [1.54, 1.807) is 33.1 Å². The molecule has 1 N–H and O–H groups in total. The lowest BCUT2D eigenvalue weighted by Crippen LogP contribution is -2.48. The molecule has 0 aliphatic carbocycles. The highest BCUT2D eigenvalue weighted by molar-refractivity contribution is 7.09. The molecule has 0 atom stereocenters. The number of carbonyl (C=O) groups excluding carboxylic acids is 1. The lowest BCUT2D eigenvalue weighted by atomic mass is 10.1. The molecule has 0 aliphatic heterocycles. The summed E-state index contributed by atoms with van der Waals surface area (Å²) in [4.78, 5) is 28.3. The molecule has 0 saturated heterocycles. The Labute approximate surface area is 104 Å². The van der Waals surface area contributed by atoms with Crippen LogP contribution < -0.4 is 0 Å². The van der Waals surface area contributed by atoms with Crippen molar-refractivity contribution in [1.29, 1.82) is 0 Å². The Morgan fingerprint density at radius 3 is 2.41 bits per heavy atom. The van der Waals surface area contributed by atoms with Gasteiger partial charge in [0.05, 0.1) is 5.01 Å². The first kappa shape index (κ1) is 13.6. The number of nitrogens with zero attached hydrogens (tertiary/aromatic N) is 2. The Hall–Kier alpha value is -1.43. The Morgan fingerprint density at radius 1 is 1.47 bits per heavy atom. The predicted octanol–water partition coefficient (Wildman–Crippen LogP) is 1.78. The summed E-state index contributed by atoms with van der Waals surface area (Å²) in [5.74, 6) is -1.37. The van der Waals surface area contributed by atoms with Gasteiger partial charge in [-0.1, -0.05) is 0 Å². The van der Waals surface area contributed by atoms with E-state index in [4.69, 9.17) is 5.11 Å². The van der Waals surface area contributed by atoms with Crippen LogP contribution in [0, 0.1) is 6.92 Å². The van der Waals surface area contributed by atoms with Crippen molar-refractivity contribution in [2.75, 3.05) is 6.54 Å². The van der Waals surface area contributed by atoms with Crippen LogP contribution in [0.2, 0.25) is 0 Å². The number of carboxylic acids is 1. The fraction of sp³-hybridized carbons (Fsp3) is 0.545. The predicted molar refractivity (Wildman–Crippen MR) is 65.3 cm³/mol. The van der Waals surface area contributed by atoms with Gasteiger partial charge in [0.25, 0.3) is 5.91 Å². The molecule has 0 aromatic carbocycles. The molecule has 0 aliphatic rings. The first-order valence-corrected chi connectivity index (χ1v) is 6.05. The van der Waals surface area contributed by atoms with Gasteiger partial charge in [-0.2, -0.15) is 0 Å². The number of aryl methyl sites for hydroxylation is 1. The summed E-state index contributed by atoms with van der Waals surface area (Å²) in [6.45, 7) is 6.88. The molecule has 0 radical (unpaired) electrons. The second-order valence-corrected chi connectivity index (χ2v) is 5.77. The molecular formula is C11H16N2O3S. The SMILES string of the molecule is Cc1nc(C(=O)N(CC(=O)O)C(C)(C)C)cs1. The minimum atomic E-state index is -1.03. The average molecular weight is 256 g/mol. The number of carbonyl (C=O) groups is 2. The minimum Gasteiger partial charge on any atom is -0.480 e. The van der Waals surface area contributed by atoms with Gasteiger partial charge in [-0.15, -0.1) is 11.3 Å². The molecule has 1 heterocycles. The highest BCUT2D eigenvalue weighted by Gasteiger charge is 2.30. The van der Waals surface area contributed by atoms with Crippen LogP contribution in [0.3, 0.4) is 0 Å². The van der Waals surface area contributed by atoms with E-state index in [2.05, 4.69) is 4.98 Å². The van der Waals surface area contributed by atoms with Gasteiger partial charge in [0.1, 0.15) is 12.2 Å². The Morgan fingerprint density at radius 2 is 2.06 bits per heavy atom. The van der Waals surface area contributed by atoms with E-state index in [0.29, 0.717) is 5.69 Å². The maximum Gasteiger partial charge on any atom is 0.323 e. The number of hydrogen-bond donors (Lipinski definition) is 1. The molecule has 0 spiro atoms. The molecule has 94 valence electrons. The molecule has 17 heavy (non-hydrogen) atoms. The van der Waals surface area contributed by atoms with Crippen molar-refractivity contribution in [2.45, 2.75) is 33.2 Å². The van der Waals surface area contributed by atoms with Crippen molar-refractivity contribution >= 4 is 23.2 Å². The zero-order chi connectivity index (χ0) is 13.2. The third-order valence-corrected chi connectivity index (χ3v) is 2.96. The van der Waals surface area contributed by atoms with Crippen molar-refractivity contribution in [2.24, 2.45) is 0 Å². The molecule has 1 aromatic heterocycles. The smallest absolute Gasteiger partial charge is 0.323 e. The fourth-order valence-corrected chi connectivity index (χ4v) is 1.94. The third kappa shape index (κ3) is 3.52. The summed E-state index contributed by atoms with van der Waals surface area (Å²) < 4.78 is 0. The second kappa shape index (κ2) is 4.83. The van der Waals surface area contributed by atoms with Crippen molar-refractivity contribution in [3.8, 4) is 0 Å². The largest absolute Gasteiger partial charge is 0.480 e. The van der Waals surface area contributed by atoms with Gasteiger partial charge in [-0.25, -0.2) is 4.98 Å². The first-order chi connectivity index (χ1) is 7.71. The number of amides is 1. The van der Waals surface area contributed by atoms with Gasteiger partial charge >= 0.3 is 5.97 Å². The zero-order valence-electron chi connectivity index (χ0n) is 10.4. The summed E-state index contributed by atoms with van der Waals surface area (Å²) in [5.41, 5.74) is -0.240. The molecule has 0 bridgehead atoms. The van der Waals surface area contributed by atoms with E-state index in [0.717, 1.165) is 5.01 Å². The maximum absolute atomic E-state index is 12.1. The van der Waals surface area contributed by atoms with Gasteiger partial charge < -0.3 is 10.0 Å². The second-order valence-electron chi connectivity index (χ2n) is 4.71. The van der Waals surface area contributed by atoms with Crippen molar-refractivity contribution in [3.63, 3.8) is 0 Å². The van der Waals surface area contributed by atoms with Crippen LogP contribution in [0.1, 0.15) is 36.3 Å². The number of carboxylic acid groups (broad SMARTS) is 1. The number of rotatable bonds is 3. The number of aliphatic carboxylic acids is 1. The van der Waals surface area contributed by atoms with Gasteiger partial charge in [-0.05, 0) is 27.7 Å². The Kier molecular flexibility index (Phi) is 3.87. The van der Waals surface area contributed by atoms with Crippen LogP contribution in [-0.2, 0) is 4.79 Å². The zero-order valence-corrected chi connectivity index (χ0v) is 11.2. The molecule has 0 saturated carbocycles. The quantitative estimate of drug-likeness (QED) is 0.894.